The summed E-state index contributed by atoms with van der Waals surface area (Å²) in [6.07, 6.45) is 33.8. The molecule has 0 bridgehead atoms. The summed E-state index contributed by atoms with van der Waals surface area (Å²) in [5.41, 5.74) is 0. The summed E-state index contributed by atoms with van der Waals surface area (Å²) in [6, 6.07) is 0. The molecule has 1 rings (SSSR count). The van der Waals surface area contributed by atoms with Gasteiger partial charge in [-0.25, -0.2) is 0 Å². The second kappa shape index (κ2) is 34.9. The third-order valence-electron chi connectivity index (χ3n) is 9.27. The Labute approximate surface area is 348 Å². The normalized spacial score (nSPS) is 21.1. The highest BCUT2D eigenvalue weighted by Crippen LogP contribution is 2.24. The summed E-state index contributed by atoms with van der Waals surface area (Å²) in [5.74, 6) is -2.05. The minimum atomic E-state index is -4.61. The molecule has 1 fully saturated rings. The number of aliphatic hydroxyl groups is 3. The van der Waals surface area contributed by atoms with Crippen molar-refractivity contribution in [1.82, 2.24) is 0 Å². The molecule has 1 saturated heterocycles. The fourth-order valence-corrected chi connectivity index (χ4v) is 6.61. The molecule has 58 heavy (non-hydrogen) atoms. The maximum Gasteiger partial charge on any atom is 0.306 e. The van der Waals surface area contributed by atoms with Crippen LogP contribution in [0.5, 0.6) is 0 Å². The quantitative estimate of drug-likeness (QED) is 0.0210. The molecule has 332 valence electrons. The molecule has 0 radical (unpaired) electrons. The number of esters is 2. The van der Waals surface area contributed by atoms with E-state index < -0.39 is 71.2 Å². The predicted octanol–water partition coefficient (Wildman–Crippen LogP) is 8.33. The van der Waals surface area contributed by atoms with Crippen LogP contribution in [0.2, 0.25) is 0 Å². The van der Waals surface area contributed by atoms with Crippen LogP contribution in [0.4, 0.5) is 0 Å². The van der Waals surface area contributed by atoms with E-state index in [2.05, 4.69) is 86.8 Å². The molecule has 4 N–H and O–H groups in total. The molecular formula is C45H74O12S. The number of unbranched alkanes of at least 4 members (excludes halogenated alkanes) is 10. The van der Waals surface area contributed by atoms with E-state index in [1.54, 1.807) is 0 Å². The first-order chi connectivity index (χ1) is 28.0. The van der Waals surface area contributed by atoms with E-state index in [0.717, 1.165) is 89.9 Å². The van der Waals surface area contributed by atoms with Crippen LogP contribution in [0.3, 0.4) is 0 Å². The topological polar surface area (TPSA) is 186 Å². The Kier molecular flexibility index (Phi) is 32.0. The second-order valence-electron chi connectivity index (χ2n) is 14.6. The summed E-state index contributed by atoms with van der Waals surface area (Å²) < 4.78 is 53.9. The third kappa shape index (κ3) is 29.3. The van der Waals surface area contributed by atoms with Crippen molar-refractivity contribution in [2.24, 2.45) is 0 Å². The molecule has 12 nitrogen and oxygen atoms in total. The number of aliphatic hydroxyl groups excluding tert-OH is 3. The van der Waals surface area contributed by atoms with Gasteiger partial charge in [-0.15, -0.1) is 0 Å². The number of hydrogen-bond donors (Lipinski definition) is 4. The molecule has 0 aromatic rings. The van der Waals surface area contributed by atoms with Crippen LogP contribution in [-0.4, -0.2) is 96.0 Å². The lowest BCUT2D eigenvalue weighted by Crippen LogP contribution is -2.60. The summed E-state index contributed by atoms with van der Waals surface area (Å²) in [7, 11) is -4.61. The zero-order valence-corrected chi connectivity index (χ0v) is 35.9. The van der Waals surface area contributed by atoms with Crippen molar-refractivity contribution in [3.63, 3.8) is 0 Å². The highest BCUT2D eigenvalue weighted by Gasteiger charge is 2.46. The van der Waals surface area contributed by atoms with Crippen molar-refractivity contribution in [2.75, 3.05) is 19.0 Å². The van der Waals surface area contributed by atoms with Crippen molar-refractivity contribution in [1.29, 1.82) is 0 Å². The Hall–Kier alpha value is -2.91. The van der Waals surface area contributed by atoms with Crippen LogP contribution in [-0.2, 0) is 38.7 Å². The van der Waals surface area contributed by atoms with E-state index in [1.165, 1.54) is 12.8 Å². The molecule has 0 spiro atoms. The number of ether oxygens (including phenoxy) is 4. The summed E-state index contributed by atoms with van der Waals surface area (Å²) in [6.45, 7) is 3.54. The Bertz CT molecular complexity index is 1350. The van der Waals surface area contributed by atoms with Crippen molar-refractivity contribution in [3.8, 4) is 0 Å². The minimum Gasteiger partial charge on any atom is -0.462 e. The van der Waals surface area contributed by atoms with Gasteiger partial charge in [0.2, 0.25) is 0 Å². The molecule has 6 atom stereocenters. The van der Waals surface area contributed by atoms with E-state index >= 15 is 0 Å². The Morgan fingerprint density at radius 2 is 1.09 bits per heavy atom. The van der Waals surface area contributed by atoms with Gasteiger partial charge in [0.25, 0.3) is 10.1 Å². The van der Waals surface area contributed by atoms with E-state index in [4.69, 9.17) is 18.9 Å². The first kappa shape index (κ1) is 53.1. The van der Waals surface area contributed by atoms with E-state index in [9.17, 15) is 37.9 Å². The molecule has 13 heteroatoms. The minimum absolute atomic E-state index is 0.120. The molecular weight excluding hydrogens is 765 g/mol. The maximum atomic E-state index is 12.8. The molecule has 0 aromatic carbocycles. The Morgan fingerprint density at radius 3 is 1.66 bits per heavy atom. The van der Waals surface area contributed by atoms with Crippen molar-refractivity contribution < 1.29 is 56.8 Å². The van der Waals surface area contributed by atoms with Crippen LogP contribution in [0.15, 0.2) is 72.9 Å². The number of rotatable bonds is 34. The average Bonchev–Trinajstić information content (AvgIpc) is 3.18. The lowest BCUT2D eigenvalue weighted by atomic mass is 10.00. The third-order valence-corrected chi connectivity index (χ3v) is 10.0. The van der Waals surface area contributed by atoms with Gasteiger partial charge in [-0.3, -0.25) is 14.1 Å². The van der Waals surface area contributed by atoms with Gasteiger partial charge in [0, 0.05) is 12.8 Å². The summed E-state index contributed by atoms with van der Waals surface area (Å²) in [5, 5.41) is 30.8. The number of carbonyl (C=O) groups excluding carboxylic acids is 2. The Balaban J connectivity index is 2.50. The second-order valence-corrected chi connectivity index (χ2v) is 16.1. The molecule has 0 amide bonds. The largest absolute Gasteiger partial charge is 0.462 e. The van der Waals surface area contributed by atoms with Gasteiger partial charge in [-0.1, -0.05) is 125 Å². The van der Waals surface area contributed by atoms with E-state index in [0.29, 0.717) is 12.8 Å². The molecule has 1 heterocycles. The van der Waals surface area contributed by atoms with Crippen LogP contribution >= 0.6 is 0 Å². The number of carbonyl (C=O) groups is 2. The van der Waals surface area contributed by atoms with Crippen LogP contribution < -0.4 is 0 Å². The van der Waals surface area contributed by atoms with Gasteiger partial charge in [0.05, 0.1) is 6.61 Å². The molecule has 2 unspecified atom stereocenters. The smallest absolute Gasteiger partial charge is 0.306 e. The lowest BCUT2D eigenvalue weighted by Gasteiger charge is -2.40. The average molecular weight is 839 g/mol. The molecule has 1 aliphatic rings. The first-order valence-corrected chi connectivity index (χ1v) is 23.1. The van der Waals surface area contributed by atoms with Crippen LogP contribution in [0.25, 0.3) is 0 Å². The van der Waals surface area contributed by atoms with Gasteiger partial charge >= 0.3 is 11.9 Å². The summed E-state index contributed by atoms with van der Waals surface area (Å²) in [4.78, 5) is 25.3. The zero-order valence-electron chi connectivity index (χ0n) is 35.1. The van der Waals surface area contributed by atoms with E-state index in [1.807, 2.05) is 0 Å². The Morgan fingerprint density at radius 1 is 0.603 bits per heavy atom. The molecule has 0 saturated carbocycles. The van der Waals surface area contributed by atoms with Gasteiger partial charge in [-0.2, -0.15) is 8.42 Å². The molecule has 0 aliphatic carbocycles. The highest BCUT2D eigenvalue weighted by atomic mass is 32.2. The predicted molar refractivity (Wildman–Crippen MR) is 228 cm³/mol. The number of hydrogen-bond acceptors (Lipinski definition) is 11. The molecule has 0 aromatic heterocycles. The number of allylic oxidation sites excluding steroid dienone is 12. The van der Waals surface area contributed by atoms with Gasteiger partial charge in [0.1, 0.15) is 36.8 Å². The monoisotopic (exact) mass is 838 g/mol. The van der Waals surface area contributed by atoms with Gasteiger partial charge in [0.15, 0.2) is 12.4 Å². The van der Waals surface area contributed by atoms with Crippen LogP contribution in [0, 0.1) is 0 Å². The van der Waals surface area contributed by atoms with E-state index in [-0.39, 0.29) is 19.4 Å². The van der Waals surface area contributed by atoms with Crippen molar-refractivity contribution in [2.45, 2.75) is 179 Å². The standard InChI is InChI=1S/C45H74O12S/c1-3-5-7-9-11-13-15-16-17-18-19-20-21-22-24-26-28-30-32-34-41(47)56-38(35-54-40(46)33-31-29-27-25-23-14-12-10-8-6-4-2)36-55-45-44(50)43(49)42(48)39(57-45)37-58(51,52)53/h5,7,10-13,16-17,19-20,22,24,38-39,42-45,48-50H,3-4,6,8-9,14-15,18,21,23,25-37H2,1-2H3,(H,51,52,53)/b7-5+,12-10+,13-11+,17-16+,20-19+,24-22+/t38-,39-,42-,43?,44?,45+/m1/s1. The highest BCUT2D eigenvalue weighted by molar-refractivity contribution is 7.85. The SMILES string of the molecule is CC/C=C/C/C=C/C/C=C/C/C=C/C/C=C/CCCCCC(=O)O[C@H](COC(=O)CCCCCCC/C=C/CCCC)CO[C@H]1O[C@H](CS(=O)(=O)O)[C@@H](O)C(O)C1O. The lowest BCUT2D eigenvalue weighted by molar-refractivity contribution is -0.297. The maximum absolute atomic E-state index is 12.8. The first-order valence-electron chi connectivity index (χ1n) is 21.5. The fourth-order valence-electron chi connectivity index (χ4n) is 5.92. The fraction of sp³-hybridized carbons (Fsp3) is 0.689. The van der Waals surface area contributed by atoms with Crippen molar-refractivity contribution >= 4 is 22.1 Å². The zero-order chi connectivity index (χ0) is 42.7. The molecule has 1 aliphatic heterocycles. The van der Waals surface area contributed by atoms with Gasteiger partial charge < -0.3 is 34.3 Å². The van der Waals surface area contributed by atoms with Crippen LogP contribution in [0.1, 0.15) is 142 Å². The van der Waals surface area contributed by atoms with Gasteiger partial charge in [-0.05, 0) is 77.0 Å². The van der Waals surface area contributed by atoms with Crippen molar-refractivity contribution in [3.05, 3.63) is 72.9 Å². The summed E-state index contributed by atoms with van der Waals surface area (Å²) >= 11 is 0.